The van der Waals surface area contributed by atoms with Crippen LogP contribution in [0.25, 0.3) is 0 Å². The molecule has 0 bridgehead atoms. The number of hydrogen-bond donors (Lipinski definition) is 0. The van der Waals surface area contributed by atoms with Gasteiger partial charge in [0.25, 0.3) is 0 Å². The predicted octanol–water partition coefficient (Wildman–Crippen LogP) is 0.488. The zero-order valence-corrected chi connectivity index (χ0v) is 5.20. The van der Waals surface area contributed by atoms with Gasteiger partial charge in [0.2, 0.25) is 0 Å². The highest BCUT2D eigenvalue weighted by Crippen LogP contribution is 2.02. The molecule has 3 heteroatoms. The quantitative estimate of drug-likeness (QED) is 0.456. The van der Waals surface area contributed by atoms with Crippen LogP contribution in [0.5, 0.6) is 0 Å². The molecule has 0 aromatic heterocycles. The third kappa shape index (κ3) is 1.16. The zero-order valence-electron chi connectivity index (χ0n) is 4.39. The van der Waals surface area contributed by atoms with Crippen molar-refractivity contribution in [3.05, 3.63) is 0 Å². The van der Waals surface area contributed by atoms with Gasteiger partial charge in [0.1, 0.15) is 0 Å². The zero-order chi connectivity index (χ0) is 5.33. The van der Waals surface area contributed by atoms with Gasteiger partial charge in [-0.15, -0.1) is 0 Å². The topological polar surface area (TPSA) is 29.4 Å². The van der Waals surface area contributed by atoms with E-state index in [2.05, 4.69) is 4.36 Å². The van der Waals surface area contributed by atoms with Crippen molar-refractivity contribution in [1.29, 1.82) is 0 Å². The second kappa shape index (κ2) is 1.47. The number of hydrogen-bond acceptors (Lipinski definition) is 2. The van der Waals surface area contributed by atoms with Crippen LogP contribution in [0, 0.1) is 0 Å². The molecule has 0 fully saturated rings. The summed E-state index contributed by atoms with van der Waals surface area (Å²) in [7, 11) is -1.67. The average Bonchev–Trinajstić information content (AvgIpc) is 1.84. The van der Waals surface area contributed by atoms with Crippen LogP contribution in [-0.2, 0) is 9.73 Å². The van der Waals surface area contributed by atoms with E-state index in [1.165, 1.54) is 0 Å². The van der Waals surface area contributed by atoms with Crippen molar-refractivity contribution in [2.45, 2.75) is 6.42 Å². The van der Waals surface area contributed by atoms with E-state index in [-0.39, 0.29) is 0 Å². The summed E-state index contributed by atoms with van der Waals surface area (Å²) in [6, 6.07) is 0. The first-order chi connectivity index (χ1) is 3.21. The Balaban J connectivity index is 2.90. The lowest BCUT2D eigenvalue weighted by atomic mass is 10.5. The van der Waals surface area contributed by atoms with Crippen LogP contribution in [0.15, 0.2) is 4.36 Å². The van der Waals surface area contributed by atoms with Gasteiger partial charge < -0.3 is 0 Å². The molecule has 0 saturated heterocycles. The summed E-state index contributed by atoms with van der Waals surface area (Å²) in [5, 5.41) is 0. The Morgan fingerprint density at radius 2 is 2.43 bits per heavy atom. The maximum Gasteiger partial charge on any atom is 0.0493 e. The Morgan fingerprint density at radius 3 is 2.57 bits per heavy atom. The van der Waals surface area contributed by atoms with Crippen LogP contribution in [0.4, 0.5) is 0 Å². The number of rotatable bonds is 0. The molecule has 1 aliphatic heterocycles. The Labute approximate surface area is 44.1 Å². The maximum absolute atomic E-state index is 10.8. The van der Waals surface area contributed by atoms with E-state index < -0.39 is 9.73 Å². The Bertz CT molecular complexity index is 167. The van der Waals surface area contributed by atoms with E-state index >= 15 is 0 Å². The molecule has 2 nitrogen and oxygen atoms in total. The molecule has 0 saturated carbocycles. The monoisotopic (exact) mass is 119 g/mol. The highest BCUT2D eigenvalue weighted by molar-refractivity contribution is 7.93. The summed E-state index contributed by atoms with van der Waals surface area (Å²) >= 11 is 0. The molecule has 7 heavy (non-hydrogen) atoms. The summed E-state index contributed by atoms with van der Waals surface area (Å²) in [6.07, 6.45) is 2.75. The molecule has 0 radical (unpaired) electrons. The molecule has 0 aliphatic carbocycles. The Morgan fingerprint density at radius 1 is 1.71 bits per heavy atom. The molecule has 0 spiro atoms. The normalized spacial score (nSPS) is 40.7. The van der Waals surface area contributed by atoms with Crippen molar-refractivity contribution in [3.63, 3.8) is 0 Å². The molecule has 42 valence electrons. The van der Waals surface area contributed by atoms with Crippen molar-refractivity contribution in [2.75, 3.05) is 18.6 Å². The Kier molecular flexibility index (Phi) is 1.07. The first-order valence-corrected chi connectivity index (χ1v) is 4.45. The van der Waals surface area contributed by atoms with Gasteiger partial charge in [0.05, 0.1) is 0 Å². The Hall–Kier alpha value is -0.0500. The SMILES string of the molecule is C[S@]1(=O)=NCCC1. The van der Waals surface area contributed by atoms with Crippen LogP contribution in [0.2, 0.25) is 0 Å². The van der Waals surface area contributed by atoms with Crippen molar-refractivity contribution in [2.24, 2.45) is 4.36 Å². The molecule has 1 heterocycles. The molecule has 1 atom stereocenters. The summed E-state index contributed by atoms with van der Waals surface area (Å²) in [6.45, 7) is 0.815. The molecular formula is C4H9NOS. The summed E-state index contributed by atoms with van der Waals surface area (Å²) in [5.74, 6) is 0.812. The standard InChI is InChI=1S/C4H9NOS/c1-7(6)4-2-3-5-7/h2-4H2,1H3/t7-/m1/s1. The summed E-state index contributed by atoms with van der Waals surface area (Å²) in [4.78, 5) is 0. The van der Waals surface area contributed by atoms with Gasteiger partial charge in [-0.05, 0) is 6.42 Å². The van der Waals surface area contributed by atoms with Gasteiger partial charge in [-0.3, -0.25) is 4.21 Å². The highest BCUT2D eigenvalue weighted by atomic mass is 32.2. The van der Waals surface area contributed by atoms with Crippen LogP contribution in [0.3, 0.4) is 0 Å². The first kappa shape index (κ1) is 5.09. The molecule has 0 aromatic rings. The second-order valence-electron chi connectivity index (χ2n) is 1.87. The van der Waals surface area contributed by atoms with Crippen LogP contribution in [-0.4, -0.2) is 22.8 Å². The van der Waals surface area contributed by atoms with Crippen molar-refractivity contribution in [1.82, 2.24) is 0 Å². The van der Waals surface area contributed by atoms with Crippen molar-refractivity contribution in [3.8, 4) is 0 Å². The minimum atomic E-state index is -1.67. The van der Waals surface area contributed by atoms with Gasteiger partial charge in [-0.2, -0.15) is 0 Å². The third-order valence-corrected chi connectivity index (χ3v) is 2.82. The second-order valence-corrected chi connectivity index (χ2v) is 4.46. The maximum atomic E-state index is 10.8. The third-order valence-electron chi connectivity index (χ3n) is 1.05. The molecular weight excluding hydrogens is 110 g/mol. The molecule has 1 aliphatic rings. The van der Waals surface area contributed by atoms with E-state index in [9.17, 15) is 4.21 Å². The fraction of sp³-hybridized carbons (Fsp3) is 1.00. The lowest BCUT2D eigenvalue weighted by Gasteiger charge is -1.85. The molecule has 0 aromatic carbocycles. The van der Waals surface area contributed by atoms with Gasteiger partial charge in [-0.1, -0.05) is 0 Å². The van der Waals surface area contributed by atoms with Crippen molar-refractivity contribution >= 4 is 9.73 Å². The van der Waals surface area contributed by atoms with E-state index in [0.29, 0.717) is 0 Å². The van der Waals surface area contributed by atoms with E-state index in [1.807, 2.05) is 0 Å². The lowest BCUT2D eigenvalue weighted by molar-refractivity contribution is 0.683. The van der Waals surface area contributed by atoms with E-state index in [4.69, 9.17) is 0 Å². The predicted molar refractivity (Wildman–Crippen MR) is 30.8 cm³/mol. The van der Waals surface area contributed by atoms with Gasteiger partial charge >= 0.3 is 0 Å². The first-order valence-electron chi connectivity index (χ1n) is 2.36. The molecule has 1 rings (SSSR count). The lowest BCUT2D eigenvalue weighted by Crippen LogP contribution is -1.93. The van der Waals surface area contributed by atoms with Gasteiger partial charge in [0, 0.05) is 28.3 Å². The highest BCUT2D eigenvalue weighted by Gasteiger charge is 2.05. The van der Waals surface area contributed by atoms with Gasteiger partial charge in [0.15, 0.2) is 0 Å². The smallest absolute Gasteiger partial charge is 0.0493 e. The van der Waals surface area contributed by atoms with Crippen molar-refractivity contribution < 1.29 is 4.21 Å². The number of nitrogens with zero attached hydrogens (tertiary/aromatic N) is 1. The van der Waals surface area contributed by atoms with E-state index in [1.54, 1.807) is 6.26 Å². The van der Waals surface area contributed by atoms with E-state index in [0.717, 1.165) is 18.7 Å². The fourth-order valence-electron chi connectivity index (χ4n) is 0.655. The van der Waals surface area contributed by atoms with Crippen LogP contribution >= 0.6 is 0 Å². The average molecular weight is 119 g/mol. The largest absolute Gasteiger partial charge is 0.250 e. The molecule has 0 N–H and O–H groups in total. The summed E-state index contributed by atoms with van der Waals surface area (Å²) in [5.41, 5.74) is 0. The minimum Gasteiger partial charge on any atom is -0.250 e. The minimum absolute atomic E-state index is 0.812. The van der Waals surface area contributed by atoms with Crippen LogP contribution in [0.1, 0.15) is 6.42 Å². The molecule has 0 amide bonds. The summed E-state index contributed by atoms with van der Waals surface area (Å²) < 4.78 is 14.7. The molecule has 0 unspecified atom stereocenters. The fourth-order valence-corrected chi connectivity index (χ4v) is 1.96. The van der Waals surface area contributed by atoms with Crippen LogP contribution < -0.4 is 0 Å². The van der Waals surface area contributed by atoms with Gasteiger partial charge in [-0.25, -0.2) is 4.36 Å².